The molecule has 0 saturated heterocycles. The normalized spacial score (nSPS) is 14.1. The molecular formula is C45H54ClF8N9O6S2. The molecule has 3 aromatic heterocycles. The highest BCUT2D eigenvalue weighted by atomic mass is 35.5. The van der Waals surface area contributed by atoms with Gasteiger partial charge in [0.25, 0.3) is 0 Å². The largest absolute Gasteiger partial charge is 0.465 e. The lowest BCUT2D eigenvalue weighted by atomic mass is 9.94. The smallest absolute Gasteiger partial charge is 0.325 e. The first-order valence-corrected chi connectivity index (χ1v) is 22.8. The molecule has 2 aliphatic rings. The fourth-order valence-electron chi connectivity index (χ4n) is 7.72. The number of nitrogens with one attached hydrogen (secondary N) is 3. The standard InChI is InChI=1S/C18H17F4N3O3S.C17H12F4N4OS.C6H15N.C4H9NO2.ClH/c1-2-28-14(27)6-23-13(26)5-11-12-3-8(7-25(12)18(29)24-11)15-16(21)9(19)4-10(20)17(15)22;18-9-4-10(19)16(21)14(15(9)20)8-3-12-11(23-17(27)25(12)6-8)5-13(26)24-2-1-22-7-24;1-4-7(5-2)6-3;1-2-7-4(6)3-5;/h4,8H,2-3,5-7H2,1H3,(H,23,26)(H,24,29);1-2,4,7-8H,3,5-6H2,(H,23,27);4-6H2,1-3H3;2-3,5H2,1H3;1H/t2*8-;;;/m00.../s1. The molecule has 0 spiro atoms. The minimum Gasteiger partial charge on any atom is -0.465 e. The van der Waals surface area contributed by atoms with Gasteiger partial charge in [-0.05, 0) is 70.8 Å². The third-order valence-electron chi connectivity index (χ3n) is 11.2. The quantitative estimate of drug-likeness (QED) is 0.0374. The summed E-state index contributed by atoms with van der Waals surface area (Å²) in [5.41, 5.74) is 5.55. The minimum atomic E-state index is -1.47. The van der Waals surface area contributed by atoms with Gasteiger partial charge in [-0.3, -0.25) is 23.7 Å². The van der Waals surface area contributed by atoms with Gasteiger partial charge in [0, 0.05) is 83.4 Å². The highest BCUT2D eigenvalue weighted by Crippen LogP contribution is 2.37. The van der Waals surface area contributed by atoms with E-state index in [0.29, 0.717) is 29.4 Å². The average molecular weight is 1070 g/mol. The number of fused-ring (bicyclic) bond motifs is 2. The monoisotopic (exact) mass is 1070 g/mol. The summed E-state index contributed by atoms with van der Waals surface area (Å²) in [5.74, 6) is -14.9. The van der Waals surface area contributed by atoms with Crippen molar-refractivity contribution in [2.75, 3.05) is 45.9 Å². The van der Waals surface area contributed by atoms with Crippen molar-refractivity contribution >= 4 is 60.6 Å². The van der Waals surface area contributed by atoms with Crippen molar-refractivity contribution < 1.29 is 63.8 Å². The van der Waals surface area contributed by atoms with Gasteiger partial charge in [0.15, 0.2) is 56.1 Å². The first-order valence-electron chi connectivity index (χ1n) is 22.0. The summed E-state index contributed by atoms with van der Waals surface area (Å²) in [5, 5.41) is 2.40. The maximum absolute atomic E-state index is 14.1. The van der Waals surface area contributed by atoms with Gasteiger partial charge in [-0.1, -0.05) is 20.8 Å². The molecule has 15 nitrogen and oxygen atoms in total. The van der Waals surface area contributed by atoms with E-state index in [1.807, 2.05) is 0 Å². The topological polar surface area (TPSA) is 187 Å². The first kappa shape index (κ1) is 59.5. The molecular weight excluding hydrogens is 1010 g/mol. The number of carbonyl (C=O) groups excluding carboxylic acids is 4. The summed E-state index contributed by atoms with van der Waals surface area (Å²) in [4.78, 5) is 57.7. The molecule has 5 N–H and O–H groups in total. The molecule has 26 heteroatoms. The van der Waals surface area contributed by atoms with Gasteiger partial charge in [0.2, 0.25) is 11.8 Å². The highest BCUT2D eigenvalue weighted by Gasteiger charge is 2.35. The van der Waals surface area contributed by atoms with Crippen molar-refractivity contribution in [1.82, 2.24) is 38.9 Å². The van der Waals surface area contributed by atoms with Gasteiger partial charge in [-0.15, -0.1) is 12.4 Å². The van der Waals surface area contributed by atoms with Crippen LogP contribution in [0.5, 0.6) is 0 Å². The summed E-state index contributed by atoms with van der Waals surface area (Å²) in [6, 6.07) is 0.347. The second kappa shape index (κ2) is 27.7. The Morgan fingerprint density at radius 2 is 1.14 bits per heavy atom. The summed E-state index contributed by atoms with van der Waals surface area (Å²) >= 11 is 10.4. The Bertz CT molecular complexity index is 2710. The zero-order valence-corrected chi connectivity index (χ0v) is 41.7. The van der Waals surface area contributed by atoms with Crippen LogP contribution in [0.2, 0.25) is 0 Å². The number of hydrogen-bond donors (Lipinski definition) is 4. The number of amides is 1. The molecule has 7 rings (SSSR count). The van der Waals surface area contributed by atoms with E-state index in [2.05, 4.69) is 50.7 Å². The van der Waals surface area contributed by atoms with Crippen LogP contribution in [0.15, 0.2) is 30.9 Å². The third-order valence-corrected chi connectivity index (χ3v) is 11.8. The summed E-state index contributed by atoms with van der Waals surface area (Å²) in [7, 11) is 0. The number of nitrogens with two attached hydrogens (primary N) is 1. The lowest BCUT2D eigenvalue weighted by Crippen LogP contribution is -2.32. The lowest BCUT2D eigenvalue weighted by Gasteiger charge is -2.13. The number of hydrogen-bond acceptors (Lipinski definition) is 11. The summed E-state index contributed by atoms with van der Waals surface area (Å²) < 4.78 is 125. The number of aromatic amines is 2. The van der Waals surface area contributed by atoms with Gasteiger partial charge < -0.3 is 44.5 Å². The van der Waals surface area contributed by atoms with Crippen LogP contribution in [0.1, 0.15) is 85.2 Å². The van der Waals surface area contributed by atoms with Crippen LogP contribution in [0.3, 0.4) is 0 Å². The number of esters is 2. The average Bonchev–Trinajstić information content (AvgIpc) is 4.18. The van der Waals surface area contributed by atoms with Crippen LogP contribution >= 0.6 is 36.8 Å². The van der Waals surface area contributed by atoms with E-state index in [-0.39, 0.29) is 104 Å². The number of imidazole rings is 3. The Hall–Kier alpha value is -5.76. The number of carbonyl (C=O) groups is 4. The summed E-state index contributed by atoms with van der Waals surface area (Å²) in [6.07, 6.45) is 4.25. The highest BCUT2D eigenvalue weighted by molar-refractivity contribution is 7.71. The maximum Gasteiger partial charge on any atom is 0.325 e. The molecule has 2 aromatic carbocycles. The van der Waals surface area contributed by atoms with Crippen molar-refractivity contribution in [3.05, 3.63) is 121 Å². The molecule has 5 aromatic rings. The Labute approximate surface area is 419 Å². The molecule has 0 fully saturated rings. The predicted octanol–water partition coefficient (Wildman–Crippen LogP) is 7.46. The molecule has 71 heavy (non-hydrogen) atoms. The molecule has 0 unspecified atom stereocenters. The van der Waals surface area contributed by atoms with E-state index >= 15 is 0 Å². The third kappa shape index (κ3) is 15.1. The lowest BCUT2D eigenvalue weighted by molar-refractivity contribution is -0.143. The van der Waals surface area contributed by atoms with E-state index in [4.69, 9.17) is 34.9 Å². The van der Waals surface area contributed by atoms with Crippen molar-refractivity contribution in [1.29, 1.82) is 0 Å². The molecule has 1 amide bonds. The molecule has 390 valence electrons. The number of benzene rings is 2. The molecule has 0 bridgehead atoms. The van der Waals surface area contributed by atoms with Crippen LogP contribution < -0.4 is 11.1 Å². The van der Waals surface area contributed by atoms with Gasteiger partial charge in [0.1, 0.15) is 12.9 Å². The molecule has 5 heterocycles. The molecule has 0 aliphatic carbocycles. The van der Waals surface area contributed by atoms with Gasteiger partial charge in [-0.2, -0.15) is 0 Å². The Balaban J connectivity index is 0.000000293. The molecule has 0 radical (unpaired) electrons. The van der Waals surface area contributed by atoms with Gasteiger partial charge in [-0.25, -0.2) is 40.1 Å². The van der Waals surface area contributed by atoms with E-state index in [1.54, 1.807) is 18.4 Å². The molecule has 2 atom stereocenters. The first-order chi connectivity index (χ1) is 33.2. The van der Waals surface area contributed by atoms with Crippen LogP contribution in [0, 0.1) is 56.1 Å². The predicted molar refractivity (Wildman–Crippen MR) is 251 cm³/mol. The molecule has 0 saturated carbocycles. The molecule has 2 aliphatic heterocycles. The van der Waals surface area contributed by atoms with Gasteiger partial charge >= 0.3 is 11.9 Å². The zero-order valence-electron chi connectivity index (χ0n) is 39.2. The fraction of sp³-hybridized carbons (Fsp3) is 0.444. The zero-order chi connectivity index (χ0) is 52.0. The number of halogens is 9. The van der Waals surface area contributed by atoms with Crippen molar-refractivity contribution in [3.63, 3.8) is 0 Å². The van der Waals surface area contributed by atoms with E-state index in [0.717, 1.165) is 0 Å². The Morgan fingerprint density at radius 1 is 0.718 bits per heavy atom. The summed E-state index contributed by atoms with van der Waals surface area (Å²) in [6.45, 7) is 13.8. The van der Waals surface area contributed by atoms with Crippen LogP contribution in [0.4, 0.5) is 35.1 Å². The van der Waals surface area contributed by atoms with Crippen LogP contribution in [-0.4, -0.2) is 103 Å². The van der Waals surface area contributed by atoms with E-state index < -0.39 is 81.4 Å². The second-order valence-corrected chi connectivity index (χ2v) is 16.2. The van der Waals surface area contributed by atoms with Crippen LogP contribution in [-0.2, 0) is 62.6 Å². The van der Waals surface area contributed by atoms with E-state index in [1.165, 1.54) is 47.5 Å². The van der Waals surface area contributed by atoms with Gasteiger partial charge in [0.05, 0.1) is 32.6 Å². The number of aromatic nitrogens is 6. The van der Waals surface area contributed by atoms with Crippen molar-refractivity contribution in [2.45, 2.75) is 85.2 Å². The number of H-pyrrole nitrogens is 2. The van der Waals surface area contributed by atoms with E-state index in [9.17, 15) is 54.3 Å². The minimum absolute atomic E-state index is 0. The van der Waals surface area contributed by atoms with Crippen molar-refractivity contribution in [2.24, 2.45) is 5.73 Å². The number of ether oxygens (including phenoxy) is 2. The Kier molecular flexibility index (Phi) is 23.3. The fourth-order valence-corrected chi connectivity index (χ4v) is 8.34. The van der Waals surface area contributed by atoms with Crippen LogP contribution in [0.25, 0.3) is 0 Å². The number of nitrogens with zero attached hydrogens (tertiary/aromatic N) is 5. The van der Waals surface area contributed by atoms with Crippen molar-refractivity contribution in [3.8, 4) is 0 Å². The SMILES string of the molecule is CCN(CC)CC.CCOC(=O)CN.CCOC(=O)CNC(=O)Cc1[nH]c(=S)n2c1C[C@H](c1c(F)c(F)cc(F)c1F)C2.Cl.O=C(Cc1[nH]c(=S)n2c1C[C@H](c1c(F)c(F)cc(F)c1F)C2)n1ccnc1. The Morgan fingerprint density at radius 3 is 1.49 bits per heavy atom. The number of rotatable bonds is 14. The second-order valence-electron chi connectivity index (χ2n) is 15.4. The maximum atomic E-state index is 14.1.